The molecular formula is C11H13ClN2O. The largest absolute Gasteiger partial charge is 0.334 e. The van der Waals surface area contributed by atoms with Crippen LogP contribution in [0.1, 0.15) is 18.4 Å². The molecule has 1 aliphatic carbocycles. The van der Waals surface area contributed by atoms with Gasteiger partial charge in [0.15, 0.2) is 0 Å². The monoisotopic (exact) mass is 224 g/mol. The van der Waals surface area contributed by atoms with Gasteiger partial charge in [-0.2, -0.15) is 0 Å². The molecular weight excluding hydrogens is 212 g/mol. The number of aromatic nitrogens is 1. The van der Waals surface area contributed by atoms with Crippen LogP contribution in [0.15, 0.2) is 24.5 Å². The number of alkyl halides is 1. The van der Waals surface area contributed by atoms with E-state index in [1.807, 2.05) is 17.0 Å². The first kappa shape index (κ1) is 10.4. The molecule has 0 atom stereocenters. The fourth-order valence-corrected chi connectivity index (χ4v) is 1.73. The molecule has 15 heavy (non-hydrogen) atoms. The van der Waals surface area contributed by atoms with Gasteiger partial charge in [-0.3, -0.25) is 9.78 Å². The second kappa shape index (κ2) is 4.62. The van der Waals surface area contributed by atoms with Crippen molar-refractivity contribution >= 4 is 17.5 Å². The topological polar surface area (TPSA) is 33.2 Å². The predicted octanol–water partition coefficient (Wildman–Crippen LogP) is 1.81. The number of pyridine rings is 1. The van der Waals surface area contributed by atoms with Crippen LogP contribution in [0.4, 0.5) is 0 Å². The van der Waals surface area contributed by atoms with Crippen LogP contribution in [0, 0.1) is 0 Å². The Kier molecular flexibility index (Phi) is 3.21. The van der Waals surface area contributed by atoms with Crippen LogP contribution in [0.5, 0.6) is 0 Å². The van der Waals surface area contributed by atoms with Crippen molar-refractivity contribution in [2.45, 2.75) is 25.4 Å². The molecule has 1 amide bonds. The summed E-state index contributed by atoms with van der Waals surface area (Å²) in [6, 6.07) is 4.26. The van der Waals surface area contributed by atoms with Gasteiger partial charge in [0.25, 0.3) is 0 Å². The quantitative estimate of drug-likeness (QED) is 0.731. The minimum atomic E-state index is 0.0167. The van der Waals surface area contributed by atoms with Crippen molar-refractivity contribution in [3.8, 4) is 0 Å². The van der Waals surface area contributed by atoms with E-state index in [0.29, 0.717) is 12.6 Å². The molecule has 1 aliphatic rings. The van der Waals surface area contributed by atoms with Gasteiger partial charge in [0.05, 0.1) is 0 Å². The van der Waals surface area contributed by atoms with Crippen molar-refractivity contribution < 1.29 is 4.79 Å². The molecule has 0 aromatic carbocycles. The molecule has 2 rings (SSSR count). The lowest BCUT2D eigenvalue weighted by Crippen LogP contribution is -2.33. The zero-order chi connectivity index (χ0) is 10.7. The fourth-order valence-electron chi connectivity index (χ4n) is 1.57. The molecule has 0 N–H and O–H groups in total. The maximum atomic E-state index is 11.6. The third-order valence-corrected chi connectivity index (χ3v) is 2.73. The molecule has 1 heterocycles. The Balaban J connectivity index is 2.04. The van der Waals surface area contributed by atoms with Gasteiger partial charge in [-0.25, -0.2) is 0 Å². The van der Waals surface area contributed by atoms with E-state index in [0.717, 1.165) is 18.4 Å². The summed E-state index contributed by atoms with van der Waals surface area (Å²) in [5.74, 6) is 0.0829. The Morgan fingerprint density at radius 3 is 2.93 bits per heavy atom. The van der Waals surface area contributed by atoms with Crippen molar-refractivity contribution in [2.75, 3.05) is 5.88 Å². The third kappa shape index (κ3) is 2.69. The summed E-state index contributed by atoms with van der Waals surface area (Å²) >= 11 is 5.58. The molecule has 0 unspecified atom stereocenters. The second-order valence-corrected chi connectivity index (χ2v) is 4.01. The summed E-state index contributed by atoms with van der Waals surface area (Å²) in [6.45, 7) is 0.629. The number of carbonyl (C=O) groups is 1. The van der Waals surface area contributed by atoms with Gasteiger partial charge in [-0.15, -0.1) is 11.6 Å². The molecule has 0 radical (unpaired) electrons. The van der Waals surface area contributed by atoms with Crippen LogP contribution < -0.4 is 0 Å². The molecule has 1 aromatic heterocycles. The first-order valence-corrected chi connectivity index (χ1v) is 5.59. The maximum Gasteiger partial charge on any atom is 0.238 e. The lowest BCUT2D eigenvalue weighted by atomic mass is 10.2. The van der Waals surface area contributed by atoms with Crippen LogP contribution in [-0.2, 0) is 11.3 Å². The average Bonchev–Trinajstić information content (AvgIpc) is 3.10. The van der Waals surface area contributed by atoms with Crippen molar-refractivity contribution in [3.05, 3.63) is 30.1 Å². The van der Waals surface area contributed by atoms with Gasteiger partial charge in [-0.05, 0) is 24.5 Å². The number of carbonyl (C=O) groups excluding carboxylic acids is 1. The molecule has 1 fully saturated rings. The summed E-state index contributed by atoms with van der Waals surface area (Å²) in [5.41, 5.74) is 1.06. The van der Waals surface area contributed by atoms with Crippen LogP contribution in [0.25, 0.3) is 0 Å². The van der Waals surface area contributed by atoms with Crippen molar-refractivity contribution in [3.63, 3.8) is 0 Å². The number of halogens is 1. The molecule has 3 nitrogen and oxygen atoms in total. The molecule has 1 aromatic rings. The van der Waals surface area contributed by atoms with Crippen molar-refractivity contribution in [2.24, 2.45) is 0 Å². The van der Waals surface area contributed by atoms with Crippen molar-refractivity contribution in [1.82, 2.24) is 9.88 Å². The molecule has 0 saturated heterocycles. The number of nitrogens with zero attached hydrogens (tertiary/aromatic N) is 2. The Morgan fingerprint density at radius 1 is 1.60 bits per heavy atom. The zero-order valence-corrected chi connectivity index (χ0v) is 9.15. The summed E-state index contributed by atoms with van der Waals surface area (Å²) in [4.78, 5) is 17.5. The Labute approximate surface area is 94.1 Å². The normalized spacial score (nSPS) is 15.0. The lowest BCUT2D eigenvalue weighted by molar-refractivity contribution is -0.129. The highest BCUT2D eigenvalue weighted by Crippen LogP contribution is 2.28. The minimum absolute atomic E-state index is 0.0167. The predicted molar refractivity (Wildman–Crippen MR) is 58.5 cm³/mol. The lowest BCUT2D eigenvalue weighted by Gasteiger charge is -2.21. The molecule has 0 bridgehead atoms. The van der Waals surface area contributed by atoms with E-state index in [4.69, 9.17) is 11.6 Å². The Hall–Kier alpha value is -1.09. The maximum absolute atomic E-state index is 11.6. The molecule has 0 aliphatic heterocycles. The van der Waals surface area contributed by atoms with E-state index >= 15 is 0 Å². The van der Waals surface area contributed by atoms with Crippen LogP contribution >= 0.6 is 11.6 Å². The molecule has 80 valence electrons. The van der Waals surface area contributed by atoms with Crippen molar-refractivity contribution in [1.29, 1.82) is 0 Å². The zero-order valence-electron chi connectivity index (χ0n) is 8.40. The Bertz CT molecular complexity index is 338. The van der Waals surface area contributed by atoms with Gasteiger partial charge in [0, 0.05) is 25.0 Å². The fraction of sp³-hybridized carbons (Fsp3) is 0.455. The van der Waals surface area contributed by atoms with Gasteiger partial charge in [0.2, 0.25) is 5.91 Å². The van der Waals surface area contributed by atoms with E-state index < -0.39 is 0 Å². The number of hydrogen-bond acceptors (Lipinski definition) is 2. The molecule has 4 heteroatoms. The van der Waals surface area contributed by atoms with E-state index in [2.05, 4.69) is 4.98 Å². The van der Waals surface area contributed by atoms with E-state index in [-0.39, 0.29) is 11.8 Å². The number of rotatable bonds is 4. The third-order valence-electron chi connectivity index (χ3n) is 2.50. The number of amides is 1. The van der Waals surface area contributed by atoms with E-state index in [1.165, 1.54) is 0 Å². The van der Waals surface area contributed by atoms with E-state index in [9.17, 15) is 4.79 Å². The first-order chi connectivity index (χ1) is 7.31. The molecule has 0 spiro atoms. The first-order valence-electron chi connectivity index (χ1n) is 5.05. The number of hydrogen-bond donors (Lipinski definition) is 0. The van der Waals surface area contributed by atoms with Gasteiger partial charge < -0.3 is 4.90 Å². The minimum Gasteiger partial charge on any atom is -0.334 e. The molecule has 1 saturated carbocycles. The summed E-state index contributed by atoms with van der Waals surface area (Å²) < 4.78 is 0. The highest BCUT2D eigenvalue weighted by atomic mass is 35.5. The van der Waals surface area contributed by atoms with Gasteiger partial charge in [-0.1, -0.05) is 6.07 Å². The van der Waals surface area contributed by atoms with Gasteiger partial charge in [0.1, 0.15) is 5.88 Å². The highest BCUT2D eigenvalue weighted by molar-refractivity contribution is 6.27. The average molecular weight is 225 g/mol. The summed E-state index contributed by atoms with van der Waals surface area (Å²) in [7, 11) is 0. The second-order valence-electron chi connectivity index (χ2n) is 3.75. The Morgan fingerprint density at radius 2 is 2.40 bits per heavy atom. The SMILES string of the molecule is O=C(CCl)N(Cc1cccnc1)C1CC1. The van der Waals surface area contributed by atoms with Crippen LogP contribution in [0.3, 0.4) is 0 Å². The summed E-state index contributed by atoms with van der Waals surface area (Å²) in [6.07, 6.45) is 5.72. The smallest absolute Gasteiger partial charge is 0.238 e. The highest BCUT2D eigenvalue weighted by Gasteiger charge is 2.31. The summed E-state index contributed by atoms with van der Waals surface area (Å²) in [5, 5.41) is 0. The van der Waals surface area contributed by atoms with Gasteiger partial charge >= 0.3 is 0 Å². The van der Waals surface area contributed by atoms with Crippen LogP contribution in [-0.4, -0.2) is 27.7 Å². The van der Waals surface area contributed by atoms with E-state index in [1.54, 1.807) is 12.4 Å². The van der Waals surface area contributed by atoms with Crippen LogP contribution in [0.2, 0.25) is 0 Å². The standard InChI is InChI=1S/C11H13ClN2O/c12-6-11(15)14(10-3-4-10)8-9-2-1-5-13-7-9/h1-2,5,7,10H,3-4,6,8H2.